The summed E-state index contributed by atoms with van der Waals surface area (Å²) in [4.78, 5) is 6.56. The quantitative estimate of drug-likeness (QED) is 0.370. The Hall–Kier alpha value is -2.56. The molecule has 5 nitrogen and oxygen atoms in total. The summed E-state index contributed by atoms with van der Waals surface area (Å²) >= 11 is 0. The van der Waals surface area contributed by atoms with Crippen LogP contribution in [0.4, 0.5) is 11.5 Å². The molecule has 3 N–H and O–H groups in total. The second-order valence-electron chi connectivity index (χ2n) is 4.73. The van der Waals surface area contributed by atoms with E-state index in [2.05, 4.69) is 22.0 Å². The van der Waals surface area contributed by atoms with Crippen molar-refractivity contribution < 1.29 is 5.21 Å². The van der Waals surface area contributed by atoms with Gasteiger partial charge in [0, 0.05) is 24.0 Å². The molecule has 21 heavy (non-hydrogen) atoms. The third kappa shape index (κ3) is 3.72. The van der Waals surface area contributed by atoms with Crippen LogP contribution in [0.15, 0.2) is 53.8 Å². The normalized spacial score (nSPS) is 11.4. The van der Waals surface area contributed by atoms with Crippen molar-refractivity contribution in [3.05, 3.63) is 54.2 Å². The minimum absolute atomic E-state index is 0.0853. The van der Waals surface area contributed by atoms with Gasteiger partial charge in [-0.2, -0.15) is 0 Å². The second kappa shape index (κ2) is 7.28. The molecule has 5 heteroatoms. The Morgan fingerprint density at radius 3 is 2.71 bits per heavy atom. The van der Waals surface area contributed by atoms with Gasteiger partial charge in [-0.3, -0.25) is 0 Å². The number of oxime groups is 1. The fourth-order valence-electron chi connectivity index (χ4n) is 2.08. The zero-order chi connectivity index (χ0) is 15.1. The average molecular weight is 284 g/mol. The molecule has 0 aliphatic carbocycles. The molecule has 0 saturated carbocycles. The first-order valence-corrected chi connectivity index (χ1v) is 7.02. The number of pyridine rings is 1. The van der Waals surface area contributed by atoms with Crippen LogP contribution in [0.5, 0.6) is 0 Å². The first-order chi connectivity index (χ1) is 10.3. The third-order valence-corrected chi connectivity index (χ3v) is 3.23. The number of rotatable bonds is 6. The predicted octanol–water partition coefficient (Wildman–Crippen LogP) is 3.11. The van der Waals surface area contributed by atoms with E-state index in [9.17, 15) is 0 Å². The Labute approximate surface area is 124 Å². The monoisotopic (exact) mass is 284 g/mol. The Kier molecular flexibility index (Phi) is 5.15. The molecule has 1 heterocycles. The number of nitrogens with two attached hydrogens (primary N) is 1. The Bertz CT molecular complexity index is 598. The first kappa shape index (κ1) is 14.8. The van der Waals surface area contributed by atoms with E-state index in [0.717, 1.165) is 30.9 Å². The second-order valence-corrected chi connectivity index (χ2v) is 4.73. The molecule has 0 fully saturated rings. The minimum Gasteiger partial charge on any atom is -0.409 e. The van der Waals surface area contributed by atoms with Gasteiger partial charge in [0.1, 0.15) is 5.82 Å². The van der Waals surface area contributed by atoms with Crippen molar-refractivity contribution in [3.63, 3.8) is 0 Å². The Balaban J connectivity index is 2.37. The number of aromatic nitrogens is 1. The minimum atomic E-state index is 0.0853. The molecule has 0 saturated heterocycles. The lowest BCUT2D eigenvalue weighted by molar-refractivity contribution is 0.318. The van der Waals surface area contributed by atoms with Crippen LogP contribution in [0.3, 0.4) is 0 Å². The summed E-state index contributed by atoms with van der Waals surface area (Å²) in [5.74, 6) is 0.876. The summed E-state index contributed by atoms with van der Waals surface area (Å²) in [5, 5.41) is 11.8. The lowest BCUT2D eigenvalue weighted by atomic mass is 10.2. The fourth-order valence-corrected chi connectivity index (χ4v) is 2.08. The van der Waals surface area contributed by atoms with Gasteiger partial charge in [-0.25, -0.2) is 4.98 Å². The molecule has 1 aromatic heterocycles. The average Bonchev–Trinajstić information content (AvgIpc) is 2.56. The molecule has 0 amide bonds. The molecule has 110 valence electrons. The summed E-state index contributed by atoms with van der Waals surface area (Å²) in [6.07, 6.45) is 3.83. The molecule has 0 aliphatic rings. The molecular weight excluding hydrogens is 264 g/mol. The SMILES string of the molecule is CCCCN(c1ccccc1)c1cc(C(N)=NO)ccn1. The van der Waals surface area contributed by atoms with E-state index < -0.39 is 0 Å². The summed E-state index contributed by atoms with van der Waals surface area (Å²) < 4.78 is 0. The van der Waals surface area contributed by atoms with Crippen LogP contribution in [0, 0.1) is 0 Å². The van der Waals surface area contributed by atoms with Crippen molar-refractivity contribution in [2.45, 2.75) is 19.8 Å². The molecule has 2 aromatic rings. The van der Waals surface area contributed by atoms with Crippen LogP contribution in [0.2, 0.25) is 0 Å². The van der Waals surface area contributed by atoms with Gasteiger partial charge in [0.15, 0.2) is 5.84 Å². The van der Waals surface area contributed by atoms with Gasteiger partial charge in [0.05, 0.1) is 0 Å². The number of benzene rings is 1. The fraction of sp³-hybridized carbons (Fsp3) is 0.250. The smallest absolute Gasteiger partial charge is 0.170 e. The molecule has 1 aromatic carbocycles. The number of amidine groups is 1. The molecule has 0 aliphatic heterocycles. The van der Waals surface area contributed by atoms with Gasteiger partial charge in [-0.05, 0) is 30.7 Å². The number of hydrogen-bond acceptors (Lipinski definition) is 4. The van der Waals surface area contributed by atoms with E-state index in [1.807, 2.05) is 36.4 Å². The van der Waals surface area contributed by atoms with E-state index in [1.54, 1.807) is 12.3 Å². The highest BCUT2D eigenvalue weighted by atomic mass is 16.4. The third-order valence-electron chi connectivity index (χ3n) is 3.23. The predicted molar refractivity (Wildman–Crippen MR) is 85.1 cm³/mol. The number of hydrogen-bond donors (Lipinski definition) is 2. The van der Waals surface area contributed by atoms with Crippen molar-refractivity contribution in [1.29, 1.82) is 0 Å². The van der Waals surface area contributed by atoms with Crippen molar-refractivity contribution >= 4 is 17.3 Å². The zero-order valence-corrected chi connectivity index (χ0v) is 12.1. The number of nitrogens with zero attached hydrogens (tertiary/aromatic N) is 3. The molecule has 0 spiro atoms. The number of anilines is 2. The topological polar surface area (TPSA) is 74.7 Å². The Morgan fingerprint density at radius 1 is 1.29 bits per heavy atom. The van der Waals surface area contributed by atoms with Crippen LogP contribution in [-0.4, -0.2) is 22.6 Å². The Morgan fingerprint density at radius 2 is 2.05 bits per heavy atom. The maximum Gasteiger partial charge on any atom is 0.170 e. The van der Waals surface area contributed by atoms with Crippen LogP contribution in [0.1, 0.15) is 25.3 Å². The van der Waals surface area contributed by atoms with Gasteiger partial charge < -0.3 is 15.8 Å². The lowest BCUT2D eigenvalue weighted by Gasteiger charge is -2.24. The first-order valence-electron chi connectivity index (χ1n) is 7.02. The number of para-hydroxylation sites is 1. The standard InChI is InChI=1S/C16H20N4O/c1-2-3-11-20(14-7-5-4-6-8-14)15-12-13(9-10-18-15)16(17)19-21/h4-10,12,21H,2-3,11H2,1H3,(H2,17,19). The molecule has 0 unspecified atom stereocenters. The highest BCUT2D eigenvalue weighted by Crippen LogP contribution is 2.24. The summed E-state index contributed by atoms with van der Waals surface area (Å²) in [7, 11) is 0. The van der Waals surface area contributed by atoms with Crippen LogP contribution >= 0.6 is 0 Å². The molecule has 2 rings (SSSR count). The molecule has 0 atom stereocenters. The highest BCUT2D eigenvalue weighted by Gasteiger charge is 2.11. The summed E-state index contributed by atoms with van der Waals surface area (Å²) in [6, 6.07) is 13.6. The van der Waals surface area contributed by atoms with Gasteiger partial charge in [-0.15, -0.1) is 0 Å². The molecular formula is C16H20N4O. The number of unbranched alkanes of at least 4 members (excludes halogenated alkanes) is 1. The largest absolute Gasteiger partial charge is 0.409 e. The van der Waals surface area contributed by atoms with E-state index in [1.165, 1.54) is 0 Å². The van der Waals surface area contributed by atoms with Gasteiger partial charge in [0.25, 0.3) is 0 Å². The van der Waals surface area contributed by atoms with E-state index in [4.69, 9.17) is 10.9 Å². The van der Waals surface area contributed by atoms with Crippen molar-refractivity contribution in [2.24, 2.45) is 10.9 Å². The summed E-state index contributed by atoms with van der Waals surface area (Å²) in [5.41, 5.74) is 7.39. The summed E-state index contributed by atoms with van der Waals surface area (Å²) in [6.45, 7) is 3.02. The zero-order valence-electron chi connectivity index (χ0n) is 12.1. The van der Waals surface area contributed by atoms with Crippen LogP contribution < -0.4 is 10.6 Å². The van der Waals surface area contributed by atoms with Gasteiger partial charge in [-0.1, -0.05) is 36.7 Å². The van der Waals surface area contributed by atoms with E-state index in [0.29, 0.717) is 5.56 Å². The lowest BCUT2D eigenvalue weighted by Crippen LogP contribution is -2.21. The van der Waals surface area contributed by atoms with Crippen LogP contribution in [-0.2, 0) is 0 Å². The van der Waals surface area contributed by atoms with Gasteiger partial charge in [0.2, 0.25) is 0 Å². The highest BCUT2D eigenvalue weighted by molar-refractivity contribution is 5.97. The van der Waals surface area contributed by atoms with E-state index in [-0.39, 0.29) is 5.84 Å². The van der Waals surface area contributed by atoms with Crippen LogP contribution in [0.25, 0.3) is 0 Å². The van der Waals surface area contributed by atoms with E-state index >= 15 is 0 Å². The van der Waals surface area contributed by atoms with Gasteiger partial charge >= 0.3 is 0 Å². The maximum atomic E-state index is 8.81. The van der Waals surface area contributed by atoms with Crippen molar-refractivity contribution in [3.8, 4) is 0 Å². The maximum absolute atomic E-state index is 8.81. The van der Waals surface area contributed by atoms with Crippen molar-refractivity contribution in [1.82, 2.24) is 4.98 Å². The van der Waals surface area contributed by atoms with Crippen molar-refractivity contribution in [2.75, 3.05) is 11.4 Å². The molecule has 0 radical (unpaired) electrons. The molecule has 0 bridgehead atoms.